The molecule has 8 heteroatoms. The third kappa shape index (κ3) is 3.01. The van der Waals surface area contributed by atoms with E-state index in [-0.39, 0.29) is 5.91 Å². The molecule has 1 N–H and O–H groups in total. The van der Waals surface area contributed by atoms with Gasteiger partial charge in [0.05, 0.1) is 16.8 Å². The van der Waals surface area contributed by atoms with Crippen LogP contribution in [0, 0.1) is 0 Å². The van der Waals surface area contributed by atoms with E-state index in [1.54, 1.807) is 54.3 Å². The van der Waals surface area contributed by atoms with Gasteiger partial charge in [0.15, 0.2) is 6.10 Å². The Kier molecular flexibility index (Phi) is 4.77. The quantitative estimate of drug-likeness (QED) is 0.786. The topological polar surface area (TPSA) is 96.0 Å². The first-order valence-corrected chi connectivity index (χ1v) is 9.73. The normalized spacial score (nSPS) is 18.6. The molecule has 2 unspecified atom stereocenters. The van der Waals surface area contributed by atoms with Crippen LogP contribution in [0.1, 0.15) is 41.5 Å². The Balaban J connectivity index is 1.54. The van der Waals surface area contributed by atoms with Gasteiger partial charge < -0.3 is 15.0 Å². The predicted octanol–water partition coefficient (Wildman–Crippen LogP) is 2.44. The molecule has 0 saturated heterocycles. The summed E-state index contributed by atoms with van der Waals surface area (Å²) in [7, 11) is 0. The van der Waals surface area contributed by atoms with Gasteiger partial charge in [-0.25, -0.2) is 0 Å². The maximum Gasteiger partial charge on any atom is 0.267 e. The van der Waals surface area contributed by atoms with Crippen molar-refractivity contribution in [1.29, 1.82) is 0 Å². The van der Waals surface area contributed by atoms with E-state index in [9.17, 15) is 19.2 Å². The van der Waals surface area contributed by atoms with Crippen molar-refractivity contribution in [2.45, 2.75) is 32.9 Å². The zero-order chi connectivity index (χ0) is 21.6. The molecule has 2 aliphatic heterocycles. The van der Waals surface area contributed by atoms with Gasteiger partial charge in [-0.1, -0.05) is 12.1 Å². The van der Waals surface area contributed by atoms with Crippen molar-refractivity contribution in [2.75, 3.05) is 16.8 Å². The number of nitrogens with zero attached hydrogens (tertiary/aromatic N) is 2. The maximum atomic E-state index is 12.8. The molecule has 0 fully saturated rings. The van der Waals surface area contributed by atoms with E-state index in [2.05, 4.69) is 5.32 Å². The van der Waals surface area contributed by atoms with Gasteiger partial charge in [0, 0.05) is 18.3 Å². The smallest absolute Gasteiger partial charge is 0.267 e. The summed E-state index contributed by atoms with van der Waals surface area (Å²) in [5.41, 5.74) is 1.66. The molecule has 0 aromatic heterocycles. The monoisotopic (exact) mass is 407 g/mol. The second kappa shape index (κ2) is 7.29. The average Bonchev–Trinajstić information content (AvgIpc) is 2.99. The lowest BCUT2D eigenvalue weighted by molar-refractivity contribution is -0.125. The number of amides is 4. The number of ether oxygens (including phenoxy) is 1. The molecule has 0 spiro atoms. The Morgan fingerprint density at radius 2 is 1.73 bits per heavy atom. The van der Waals surface area contributed by atoms with Gasteiger partial charge in [0.1, 0.15) is 11.8 Å². The number of benzene rings is 2. The fraction of sp³-hybridized carbons (Fsp3) is 0.273. The first kappa shape index (κ1) is 19.6. The molecular formula is C22H21N3O5. The fourth-order valence-corrected chi connectivity index (χ4v) is 3.74. The molecule has 0 bridgehead atoms. The minimum absolute atomic E-state index is 0.124. The standard InChI is InChI=1S/C22H21N3O5/c1-4-24-17-10-9-14(11-18(17)30-13(3)20(24)27)23-19(26)12(2)25-21(28)15-7-5-6-8-16(15)22(25)29/h5-13H,4H2,1-3H3,(H,23,26). The second-order valence-electron chi connectivity index (χ2n) is 7.22. The van der Waals surface area contributed by atoms with Crippen molar-refractivity contribution in [1.82, 2.24) is 4.90 Å². The number of nitrogens with one attached hydrogen (secondary N) is 1. The zero-order valence-electron chi connectivity index (χ0n) is 16.8. The van der Waals surface area contributed by atoms with Crippen LogP contribution in [0.15, 0.2) is 42.5 Å². The van der Waals surface area contributed by atoms with Crippen molar-refractivity contribution in [2.24, 2.45) is 0 Å². The fourth-order valence-electron chi connectivity index (χ4n) is 3.74. The van der Waals surface area contributed by atoms with E-state index in [0.717, 1.165) is 4.90 Å². The molecule has 154 valence electrons. The van der Waals surface area contributed by atoms with Crippen LogP contribution in [0.3, 0.4) is 0 Å². The van der Waals surface area contributed by atoms with E-state index in [1.165, 1.54) is 6.92 Å². The van der Waals surface area contributed by atoms with E-state index in [0.29, 0.717) is 34.8 Å². The van der Waals surface area contributed by atoms with Crippen LogP contribution >= 0.6 is 0 Å². The van der Waals surface area contributed by atoms with Crippen LogP contribution in [-0.4, -0.2) is 47.2 Å². The van der Waals surface area contributed by atoms with Crippen molar-refractivity contribution in [3.63, 3.8) is 0 Å². The maximum absolute atomic E-state index is 12.8. The Hall–Kier alpha value is -3.68. The lowest BCUT2D eigenvalue weighted by Gasteiger charge is -2.32. The first-order chi connectivity index (χ1) is 14.3. The Morgan fingerprint density at radius 1 is 1.10 bits per heavy atom. The minimum Gasteiger partial charge on any atom is -0.479 e. The van der Waals surface area contributed by atoms with Gasteiger partial charge in [-0.2, -0.15) is 0 Å². The molecule has 30 heavy (non-hydrogen) atoms. The van der Waals surface area contributed by atoms with Gasteiger partial charge in [-0.15, -0.1) is 0 Å². The summed E-state index contributed by atoms with van der Waals surface area (Å²) in [5.74, 6) is -1.12. The van der Waals surface area contributed by atoms with Gasteiger partial charge in [0.2, 0.25) is 5.91 Å². The average molecular weight is 407 g/mol. The van der Waals surface area contributed by atoms with E-state index in [1.807, 2.05) is 6.92 Å². The molecule has 0 radical (unpaired) electrons. The third-order valence-electron chi connectivity index (χ3n) is 5.34. The van der Waals surface area contributed by atoms with Crippen LogP contribution in [0.25, 0.3) is 0 Å². The summed E-state index contributed by atoms with van der Waals surface area (Å²) in [6.45, 7) is 5.55. The van der Waals surface area contributed by atoms with Crippen LogP contribution in [0.2, 0.25) is 0 Å². The van der Waals surface area contributed by atoms with Gasteiger partial charge >= 0.3 is 0 Å². The summed E-state index contributed by atoms with van der Waals surface area (Å²) in [6, 6.07) is 10.5. The van der Waals surface area contributed by atoms with Crippen LogP contribution in [0.4, 0.5) is 11.4 Å². The summed E-state index contributed by atoms with van der Waals surface area (Å²) in [5, 5.41) is 2.73. The molecule has 2 aromatic carbocycles. The highest BCUT2D eigenvalue weighted by Gasteiger charge is 2.40. The zero-order valence-corrected chi connectivity index (χ0v) is 16.8. The number of carbonyl (C=O) groups is 4. The number of imide groups is 1. The van der Waals surface area contributed by atoms with E-state index < -0.39 is 29.9 Å². The summed E-state index contributed by atoms with van der Waals surface area (Å²) >= 11 is 0. The minimum atomic E-state index is -0.998. The number of carbonyl (C=O) groups excluding carboxylic acids is 4. The molecule has 0 aliphatic carbocycles. The molecule has 0 saturated carbocycles. The second-order valence-corrected chi connectivity index (χ2v) is 7.22. The molecule has 2 aliphatic rings. The molecule has 4 rings (SSSR count). The van der Waals surface area contributed by atoms with Crippen molar-refractivity contribution in [3.05, 3.63) is 53.6 Å². The number of rotatable bonds is 4. The molecule has 4 amide bonds. The van der Waals surface area contributed by atoms with E-state index in [4.69, 9.17) is 4.74 Å². The molecule has 2 atom stereocenters. The van der Waals surface area contributed by atoms with Gasteiger partial charge in [0.25, 0.3) is 17.7 Å². The van der Waals surface area contributed by atoms with Gasteiger partial charge in [-0.3, -0.25) is 24.1 Å². The number of likely N-dealkylation sites (N-methyl/N-ethyl adjacent to an activating group) is 1. The van der Waals surface area contributed by atoms with Crippen LogP contribution in [0.5, 0.6) is 5.75 Å². The summed E-state index contributed by atoms with van der Waals surface area (Å²) in [4.78, 5) is 52.8. The highest BCUT2D eigenvalue weighted by Crippen LogP contribution is 2.36. The number of hydrogen-bond acceptors (Lipinski definition) is 5. The van der Waals surface area contributed by atoms with Crippen molar-refractivity contribution in [3.8, 4) is 5.75 Å². The van der Waals surface area contributed by atoms with Gasteiger partial charge in [-0.05, 0) is 45.0 Å². The third-order valence-corrected chi connectivity index (χ3v) is 5.34. The largest absolute Gasteiger partial charge is 0.479 e. The highest BCUT2D eigenvalue weighted by atomic mass is 16.5. The highest BCUT2D eigenvalue weighted by molar-refractivity contribution is 6.23. The number of anilines is 2. The van der Waals surface area contributed by atoms with Crippen LogP contribution < -0.4 is 15.0 Å². The Labute approximate surface area is 173 Å². The SMILES string of the molecule is CCN1C(=O)C(C)Oc2cc(NC(=O)C(C)N3C(=O)c4ccccc4C3=O)ccc21. The lowest BCUT2D eigenvalue weighted by atomic mass is 10.1. The number of fused-ring (bicyclic) bond motifs is 2. The first-order valence-electron chi connectivity index (χ1n) is 9.73. The predicted molar refractivity (Wildman–Crippen MR) is 110 cm³/mol. The number of hydrogen-bond donors (Lipinski definition) is 1. The Morgan fingerprint density at radius 3 is 2.33 bits per heavy atom. The molecular weight excluding hydrogens is 386 g/mol. The molecule has 2 heterocycles. The molecule has 8 nitrogen and oxygen atoms in total. The summed E-state index contributed by atoms with van der Waals surface area (Å²) < 4.78 is 5.67. The van der Waals surface area contributed by atoms with Crippen molar-refractivity contribution >= 4 is 35.0 Å². The lowest BCUT2D eigenvalue weighted by Crippen LogP contribution is -2.45. The van der Waals surface area contributed by atoms with Crippen molar-refractivity contribution < 1.29 is 23.9 Å². The van der Waals surface area contributed by atoms with E-state index >= 15 is 0 Å². The Bertz CT molecular complexity index is 1050. The summed E-state index contributed by atoms with van der Waals surface area (Å²) in [6.07, 6.45) is -0.624. The van der Waals surface area contributed by atoms with Crippen LogP contribution in [-0.2, 0) is 9.59 Å². The molecule has 2 aromatic rings.